The van der Waals surface area contributed by atoms with E-state index in [1.807, 2.05) is 26.1 Å². The molecule has 6 heteroatoms. The third kappa shape index (κ3) is 5.14. The van der Waals surface area contributed by atoms with Crippen LogP contribution in [0.2, 0.25) is 0 Å². The summed E-state index contributed by atoms with van der Waals surface area (Å²) in [6, 6.07) is 3.71. The van der Waals surface area contributed by atoms with E-state index in [1.54, 1.807) is 14.0 Å². The normalized spacial score (nSPS) is 12.0. The number of methoxy groups -OCH3 is 1. The summed E-state index contributed by atoms with van der Waals surface area (Å²) in [5.74, 6) is 0.456. The van der Waals surface area contributed by atoms with Gasteiger partial charge in [0.2, 0.25) is 0 Å². The van der Waals surface area contributed by atoms with Crippen LogP contribution in [0.4, 0.5) is 0 Å². The summed E-state index contributed by atoms with van der Waals surface area (Å²) in [6.07, 6.45) is -0.577. The molecule has 1 heterocycles. The summed E-state index contributed by atoms with van der Waals surface area (Å²) in [5, 5.41) is 5.78. The maximum atomic E-state index is 11.8. The van der Waals surface area contributed by atoms with E-state index in [1.165, 1.54) is 0 Å². The van der Waals surface area contributed by atoms with Gasteiger partial charge in [0.05, 0.1) is 12.3 Å². The van der Waals surface area contributed by atoms with Crippen molar-refractivity contribution in [1.82, 2.24) is 15.6 Å². The molecule has 0 spiro atoms. The van der Waals surface area contributed by atoms with Gasteiger partial charge in [-0.2, -0.15) is 0 Å². The van der Waals surface area contributed by atoms with Gasteiger partial charge in [-0.05, 0) is 33.0 Å². The lowest BCUT2D eigenvalue weighted by Crippen LogP contribution is -2.38. The van der Waals surface area contributed by atoms with E-state index >= 15 is 0 Å². The van der Waals surface area contributed by atoms with Gasteiger partial charge in [0.25, 0.3) is 5.91 Å². The predicted molar refractivity (Wildman–Crippen MR) is 76.7 cm³/mol. The number of hydrogen-bond acceptors (Lipinski definition) is 5. The number of hydrogen-bond donors (Lipinski definition) is 2. The Kier molecular flexibility index (Phi) is 6.97. The zero-order valence-electron chi connectivity index (χ0n) is 12.5. The van der Waals surface area contributed by atoms with Gasteiger partial charge in [0.1, 0.15) is 5.75 Å². The fraction of sp³-hybridized carbons (Fsp3) is 0.571. The Labute approximate surface area is 119 Å². The molecule has 1 aromatic heterocycles. The van der Waals surface area contributed by atoms with E-state index in [2.05, 4.69) is 15.6 Å². The Hall–Kier alpha value is -1.66. The van der Waals surface area contributed by atoms with Crippen molar-refractivity contribution in [1.29, 1.82) is 0 Å². The molecule has 2 N–H and O–H groups in total. The van der Waals surface area contributed by atoms with Crippen molar-refractivity contribution in [3.8, 4) is 5.75 Å². The molecule has 1 unspecified atom stereocenters. The molecule has 0 aliphatic rings. The van der Waals surface area contributed by atoms with Gasteiger partial charge in [-0.25, -0.2) is 0 Å². The maximum absolute atomic E-state index is 11.8. The number of ether oxygens (including phenoxy) is 2. The average molecular weight is 281 g/mol. The summed E-state index contributed by atoms with van der Waals surface area (Å²) in [6.45, 7) is 5.18. The molecule has 0 aliphatic heterocycles. The van der Waals surface area contributed by atoms with Crippen molar-refractivity contribution in [2.24, 2.45) is 0 Å². The summed E-state index contributed by atoms with van der Waals surface area (Å²) in [5.41, 5.74) is 1.71. The number of nitrogens with zero attached hydrogens (tertiary/aromatic N) is 1. The molecule has 0 aliphatic carbocycles. The molecule has 6 nitrogen and oxygen atoms in total. The van der Waals surface area contributed by atoms with E-state index in [4.69, 9.17) is 9.47 Å². The lowest BCUT2D eigenvalue weighted by molar-refractivity contribution is -0.127. The summed E-state index contributed by atoms with van der Waals surface area (Å²) in [7, 11) is 3.43. The van der Waals surface area contributed by atoms with Gasteiger partial charge < -0.3 is 20.1 Å². The largest absolute Gasteiger partial charge is 0.479 e. The monoisotopic (exact) mass is 281 g/mol. The third-order valence-electron chi connectivity index (χ3n) is 2.69. The number of pyridine rings is 1. The van der Waals surface area contributed by atoms with Gasteiger partial charge in [0.15, 0.2) is 6.10 Å². The van der Waals surface area contributed by atoms with Gasteiger partial charge in [-0.1, -0.05) is 0 Å². The Morgan fingerprint density at radius 1 is 1.45 bits per heavy atom. The topological polar surface area (TPSA) is 72.5 Å². The van der Waals surface area contributed by atoms with Gasteiger partial charge >= 0.3 is 0 Å². The third-order valence-corrected chi connectivity index (χ3v) is 2.69. The molecule has 1 rings (SSSR count). The highest BCUT2D eigenvalue weighted by atomic mass is 16.5. The number of carbonyl (C=O) groups is 1. The zero-order valence-corrected chi connectivity index (χ0v) is 12.5. The van der Waals surface area contributed by atoms with E-state index in [9.17, 15) is 4.79 Å². The zero-order chi connectivity index (χ0) is 15.0. The first-order chi connectivity index (χ1) is 9.58. The van der Waals surface area contributed by atoms with Crippen LogP contribution in [0.15, 0.2) is 12.1 Å². The number of aromatic nitrogens is 1. The minimum atomic E-state index is -0.577. The molecule has 0 aromatic carbocycles. The predicted octanol–water partition coefficient (Wildman–Crippen LogP) is 0.639. The minimum Gasteiger partial charge on any atom is -0.479 e. The molecule has 0 saturated heterocycles. The van der Waals surface area contributed by atoms with Crippen molar-refractivity contribution >= 4 is 5.91 Å². The van der Waals surface area contributed by atoms with E-state index in [0.29, 0.717) is 25.4 Å². The van der Waals surface area contributed by atoms with Crippen molar-refractivity contribution < 1.29 is 14.3 Å². The van der Waals surface area contributed by atoms with E-state index < -0.39 is 6.10 Å². The van der Waals surface area contributed by atoms with Gasteiger partial charge in [0, 0.05) is 25.9 Å². The van der Waals surface area contributed by atoms with Crippen LogP contribution in [0.1, 0.15) is 18.3 Å². The Bertz CT molecular complexity index is 438. The molecular weight excluding hydrogens is 258 g/mol. The first kappa shape index (κ1) is 16.4. The molecule has 0 radical (unpaired) electrons. The van der Waals surface area contributed by atoms with Crippen molar-refractivity contribution in [3.63, 3.8) is 0 Å². The van der Waals surface area contributed by atoms with Crippen LogP contribution in [0.3, 0.4) is 0 Å². The molecule has 112 valence electrons. The highest BCUT2D eigenvalue weighted by Gasteiger charge is 2.16. The number of amides is 1. The molecule has 1 aromatic rings. The lowest BCUT2D eigenvalue weighted by atomic mass is 10.2. The highest BCUT2D eigenvalue weighted by Crippen LogP contribution is 2.18. The van der Waals surface area contributed by atoms with Crippen LogP contribution in [0.5, 0.6) is 5.75 Å². The molecule has 20 heavy (non-hydrogen) atoms. The molecule has 1 amide bonds. The van der Waals surface area contributed by atoms with Crippen LogP contribution in [0, 0.1) is 6.92 Å². The number of nitrogens with one attached hydrogen (secondary N) is 2. The lowest BCUT2D eigenvalue weighted by Gasteiger charge is -2.17. The summed E-state index contributed by atoms with van der Waals surface area (Å²) < 4.78 is 10.6. The van der Waals surface area contributed by atoms with Crippen LogP contribution in [-0.4, -0.2) is 44.3 Å². The van der Waals surface area contributed by atoms with E-state index in [0.717, 1.165) is 11.4 Å². The maximum Gasteiger partial charge on any atom is 0.260 e. The second kappa shape index (κ2) is 8.50. The SMILES string of the molecule is CNCc1nc(C)ccc1OC(C)C(=O)NCCOC. The summed E-state index contributed by atoms with van der Waals surface area (Å²) >= 11 is 0. The van der Waals surface area contributed by atoms with Crippen LogP contribution >= 0.6 is 0 Å². The fourth-order valence-electron chi connectivity index (χ4n) is 1.66. The summed E-state index contributed by atoms with van der Waals surface area (Å²) in [4.78, 5) is 16.2. The molecule has 0 fully saturated rings. The standard InChI is InChI=1S/C14H23N3O3/c1-10-5-6-13(12(17-10)9-15-3)20-11(2)14(18)16-7-8-19-4/h5-6,11,15H,7-9H2,1-4H3,(H,16,18). The molecule has 0 saturated carbocycles. The molecular formula is C14H23N3O3. The highest BCUT2D eigenvalue weighted by molar-refractivity contribution is 5.80. The Balaban J connectivity index is 2.64. The van der Waals surface area contributed by atoms with Crippen molar-refractivity contribution in [3.05, 3.63) is 23.5 Å². The molecule has 0 bridgehead atoms. The quantitative estimate of drug-likeness (QED) is 0.684. The number of rotatable bonds is 8. The van der Waals surface area contributed by atoms with Crippen LogP contribution < -0.4 is 15.4 Å². The fourth-order valence-corrected chi connectivity index (χ4v) is 1.66. The Morgan fingerprint density at radius 3 is 2.85 bits per heavy atom. The first-order valence-corrected chi connectivity index (χ1v) is 6.63. The van der Waals surface area contributed by atoms with E-state index in [-0.39, 0.29) is 5.91 Å². The van der Waals surface area contributed by atoms with Crippen LogP contribution in [-0.2, 0) is 16.1 Å². The first-order valence-electron chi connectivity index (χ1n) is 6.63. The molecule has 1 atom stereocenters. The van der Waals surface area contributed by atoms with Crippen LogP contribution in [0.25, 0.3) is 0 Å². The van der Waals surface area contributed by atoms with Gasteiger partial charge in [-0.15, -0.1) is 0 Å². The van der Waals surface area contributed by atoms with Gasteiger partial charge in [-0.3, -0.25) is 9.78 Å². The smallest absolute Gasteiger partial charge is 0.260 e. The minimum absolute atomic E-state index is 0.168. The number of carbonyl (C=O) groups excluding carboxylic acids is 1. The second-order valence-corrected chi connectivity index (χ2v) is 4.47. The Morgan fingerprint density at radius 2 is 2.20 bits per heavy atom. The van der Waals surface area contributed by atoms with Crippen molar-refractivity contribution in [2.45, 2.75) is 26.5 Å². The van der Waals surface area contributed by atoms with Crippen molar-refractivity contribution in [2.75, 3.05) is 27.3 Å². The number of aryl methyl sites for hydroxylation is 1. The average Bonchev–Trinajstić information content (AvgIpc) is 2.42. The second-order valence-electron chi connectivity index (χ2n) is 4.47.